The molecule has 1 aliphatic heterocycles. The molecule has 2 aromatic rings. The Morgan fingerprint density at radius 3 is 2.48 bits per heavy atom. The van der Waals surface area contributed by atoms with E-state index in [2.05, 4.69) is 4.98 Å². The van der Waals surface area contributed by atoms with Crippen molar-refractivity contribution in [1.29, 1.82) is 0 Å². The van der Waals surface area contributed by atoms with Crippen LogP contribution in [-0.4, -0.2) is 48.3 Å². The fraction of sp³-hybridized carbons (Fsp3) is 0.333. The van der Waals surface area contributed by atoms with Crippen molar-refractivity contribution in [1.82, 2.24) is 9.88 Å². The third-order valence-electron chi connectivity index (χ3n) is 4.48. The van der Waals surface area contributed by atoms with Crippen molar-refractivity contribution in [2.75, 3.05) is 18.1 Å². The first-order valence-corrected chi connectivity index (χ1v) is 10.0. The minimum absolute atomic E-state index is 0.0332. The number of amides is 1. The number of hydrogen-bond donors (Lipinski definition) is 1. The first kappa shape index (κ1) is 17.4. The molecule has 0 spiro atoms. The van der Waals surface area contributed by atoms with Gasteiger partial charge in [-0.25, -0.2) is 8.42 Å². The lowest BCUT2D eigenvalue weighted by Gasteiger charge is -2.26. The van der Waals surface area contributed by atoms with E-state index in [1.165, 1.54) is 11.0 Å². The van der Waals surface area contributed by atoms with Crippen molar-refractivity contribution in [2.45, 2.75) is 19.4 Å². The zero-order valence-corrected chi connectivity index (χ0v) is 14.8. The van der Waals surface area contributed by atoms with Gasteiger partial charge in [-0.15, -0.1) is 0 Å². The van der Waals surface area contributed by atoms with E-state index in [0.29, 0.717) is 18.7 Å². The Morgan fingerprint density at radius 2 is 1.92 bits per heavy atom. The van der Waals surface area contributed by atoms with Gasteiger partial charge < -0.3 is 9.88 Å². The number of hydrogen-bond acceptors (Lipinski definition) is 4. The molecule has 1 aromatic heterocycles. The number of H-pyrrole nitrogens is 1. The summed E-state index contributed by atoms with van der Waals surface area (Å²) in [6.07, 6.45) is 0.419. The third kappa shape index (κ3) is 3.66. The van der Waals surface area contributed by atoms with Crippen LogP contribution in [0.25, 0.3) is 11.3 Å². The van der Waals surface area contributed by atoms with Gasteiger partial charge >= 0.3 is 0 Å². The summed E-state index contributed by atoms with van der Waals surface area (Å²) >= 11 is 0. The summed E-state index contributed by atoms with van der Waals surface area (Å²) in [7, 11) is -3.10. The van der Waals surface area contributed by atoms with Gasteiger partial charge in [0.15, 0.2) is 9.84 Å². The first-order chi connectivity index (χ1) is 11.9. The van der Waals surface area contributed by atoms with E-state index in [9.17, 15) is 18.0 Å². The summed E-state index contributed by atoms with van der Waals surface area (Å²) in [5, 5.41) is 0. The molecule has 2 heterocycles. The summed E-state index contributed by atoms with van der Waals surface area (Å²) in [5.74, 6) is -0.373. The van der Waals surface area contributed by atoms with Gasteiger partial charge in [0.2, 0.25) is 0 Å². The van der Waals surface area contributed by atoms with Gasteiger partial charge in [-0.05, 0) is 31.0 Å². The molecule has 1 amide bonds. The van der Waals surface area contributed by atoms with Crippen LogP contribution in [0, 0.1) is 0 Å². The molecule has 1 aliphatic rings. The van der Waals surface area contributed by atoms with Crippen LogP contribution in [0.15, 0.2) is 47.3 Å². The van der Waals surface area contributed by atoms with E-state index >= 15 is 0 Å². The molecule has 0 radical (unpaired) electrons. The maximum Gasteiger partial charge on any atom is 0.261 e. The number of aromatic amines is 1. The van der Waals surface area contributed by atoms with Crippen LogP contribution in [0.4, 0.5) is 0 Å². The Labute approximate surface area is 146 Å². The second kappa shape index (κ2) is 6.84. The lowest BCUT2D eigenvalue weighted by atomic mass is 10.1. The molecular weight excluding hydrogens is 340 g/mol. The standard InChI is InChI=1S/C18H20N2O4S/c1-2-20(14-10-11-25(23,24)12-14)18(22)15-8-9-16(19-17(15)21)13-6-4-3-5-7-13/h3-9,14H,2,10-12H2,1H3,(H,19,21)/t14-/m1/s1. The van der Waals surface area contributed by atoms with Crippen molar-refractivity contribution in [3.05, 3.63) is 58.4 Å². The summed E-state index contributed by atoms with van der Waals surface area (Å²) in [6.45, 7) is 2.15. The van der Waals surface area contributed by atoms with Gasteiger partial charge in [0, 0.05) is 18.3 Å². The quantitative estimate of drug-likeness (QED) is 0.899. The number of sulfone groups is 1. The largest absolute Gasteiger partial charge is 0.335 e. The molecular formula is C18H20N2O4S. The van der Waals surface area contributed by atoms with Gasteiger partial charge in [0.05, 0.1) is 11.5 Å². The SMILES string of the molecule is CCN(C(=O)c1ccc(-c2ccccc2)[nH]c1=O)[C@@H]1CCS(=O)(=O)C1. The van der Waals surface area contributed by atoms with Crippen molar-refractivity contribution >= 4 is 15.7 Å². The first-order valence-electron chi connectivity index (χ1n) is 8.21. The lowest BCUT2D eigenvalue weighted by molar-refractivity contribution is 0.0706. The van der Waals surface area contributed by atoms with E-state index in [1.54, 1.807) is 13.0 Å². The molecule has 7 heteroatoms. The predicted molar refractivity (Wildman–Crippen MR) is 96.3 cm³/mol. The molecule has 0 bridgehead atoms. The molecule has 1 aromatic carbocycles. The van der Waals surface area contributed by atoms with E-state index in [4.69, 9.17) is 0 Å². The molecule has 1 fully saturated rings. The zero-order valence-electron chi connectivity index (χ0n) is 13.9. The highest BCUT2D eigenvalue weighted by Crippen LogP contribution is 2.20. The number of pyridine rings is 1. The Morgan fingerprint density at radius 1 is 1.20 bits per heavy atom. The average molecular weight is 360 g/mol. The van der Waals surface area contributed by atoms with Gasteiger partial charge in [0.25, 0.3) is 11.5 Å². The lowest BCUT2D eigenvalue weighted by Crippen LogP contribution is -2.42. The molecule has 0 unspecified atom stereocenters. The Balaban J connectivity index is 1.88. The van der Waals surface area contributed by atoms with Crippen LogP contribution in [0.1, 0.15) is 23.7 Å². The van der Waals surface area contributed by atoms with Crippen molar-refractivity contribution in [2.24, 2.45) is 0 Å². The van der Waals surface area contributed by atoms with Crippen LogP contribution in [0.2, 0.25) is 0 Å². The number of carbonyl (C=O) groups is 1. The van der Waals surface area contributed by atoms with Crippen LogP contribution >= 0.6 is 0 Å². The maximum atomic E-state index is 12.8. The van der Waals surface area contributed by atoms with Crippen LogP contribution in [0.3, 0.4) is 0 Å². The molecule has 3 rings (SSSR count). The van der Waals surface area contributed by atoms with E-state index in [1.807, 2.05) is 30.3 Å². The maximum absolute atomic E-state index is 12.8. The summed E-state index contributed by atoms with van der Waals surface area (Å²) in [5.41, 5.74) is 1.05. The smallest absolute Gasteiger partial charge is 0.261 e. The van der Waals surface area contributed by atoms with E-state index in [-0.39, 0.29) is 23.1 Å². The highest BCUT2D eigenvalue weighted by Gasteiger charge is 2.34. The van der Waals surface area contributed by atoms with Crippen molar-refractivity contribution < 1.29 is 13.2 Å². The fourth-order valence-corrected chi connectivity index (χ4v) is 4.90. The van der Waals surface area contributed by atoms with E-state index < -0.39 is 21.3 Å². The molecule has 1 saturated heterocycles. The normalized spacial score (nSPS) is 18.8. The van der Waals surface area contributed by atoms with Crippen molar-refractivity contribution in [3.63, 3.8) is 0 Å². The number of rotatable bonds is 4. The Bertz CT molecular complexity index is 935. The second-order valence-corrected chi connectivity index (χ2v) is 8.36. The second-order valence-electron chi connectivity index (χ2n) is 6.13. The Kier molecular flexibility index (Phi) is 4.76. The molecule has 132 valence electrons. The number of nitrogens with one attached hydrogen (secondary N) is 1. The summed E-state index contributed by atoms with van der Waals surface area (Å²) < 4.78 is 23.4. The fourth-order valence-electron chi connectivity index (χ4n) is 3.17. The minimum Gasteiger partial charge on any atom is -0.335 e. The number of aromatic nitrogens is 1. The summed E-state index contributed by atoms with van der Waals surface area (Å²) in [4.78, 5) is 29.4. The molecule has 0 aliphatic carbocycles. The third-order valence-corrected chi connectivity index (χ3v) is 6.23. The number of benzene rings is 1. The zero-order chi connectivity index (χ0) is 18.0. The van der Waals surface area contributed by atoms with E-state index in [0.717, 1.165) is 5.56 Å². The summed E-state index contributed by atoms with van der Waals surface area (Å²) in [6, 6.07) is 12.2. The van der Waals surface area contributed by atoms with Crippen molar-refractivity contribution in [3.8, 4) is 11.3 Å². The van der Waals surface area contributed by atoms with Crippen LogP contribution in [-0.2, 0) is 9.84 Å². The molecule has 6 nitrogen and oxygen atoms in total. The van der Waals surface area contributed by atoms with Gasteiger partial charge in [-0.3, -0.25) is 9.59 Å². The average Bonchev–Trinajstić information content (AvgIpc) is 2.95. The minimum atomic E-state index is -3.10. The molecule has 1 atom stereocenters. The predicted octanol–water partition coefficient (Wildman–Crippen LogP) is 1.69. The topological polar surface area (TPSA) is 87.3 Å². The number of nitrogens with zero attached hydrogens (tertiary/aromatic N) is 1. The number of carbonyl (C=O) groups excluding carboxylic acids is 1. The highest BCUT2D eigenvalue weighted by molar-refractivity contribution is 7.91. The molecule has 25 heavy (non-hydrogen) atoms. The van der Waals surface area contributed by atoms with Crippen LogP contribution < -0.4 is 5.56 Å². The molecule has 1 N–H and O–H groups in total. The van der Waals surface area contributed by atoms with Crippen LogP contribution in [0.5, 0.6) is 0 Å². The monoisotopic (exact) mass is 360 g/mol. The highest BCUT2D eigenvalue weighted by atomic mass is 32.2. The molecule has 0 saturated carbocycles. The van der Waals surface area contributed by atoms with Gasteiger partial charge in [0.1, 0.15) is 5.56 Å². The van der Waals surface area contributed by atoms with Gasteiger partial charge in [-0.1, -0.05) is 30.3 Å². The Hall–Kier alpha value is -2.41. The van der Waals surface area contributed by atoms with Gasteiger partial charge in [-0.2, -0.15) is 0 Å².